The molecule has 0 rings (SSSR count). The van der Waals surface area contributed by atoms with Gasteiger partial charge in [0.1, 0.15) is 7.70 Å². The molecule has 36 valence electrons. The van der Waals surface area contributed by atoms with Gasteiger partial charge in [-0.05, 0) is 0 Å². The second-order valence-corrected chi connectivity index (χ2v) is 1.29. The summed E-state index contributed by atoms with van der Waals surface area (Å²) >= 11 is 3.76. The van der Waals surface area contributed by atoms with Gasteiger partial charge in [0.05, 0.1) is 6.04 Å². The monoisotopic (exact) mass is 106 g/mol. The largest absolute Gasteiger partial charge is 0.321 e. The van der Waals surface area contributed by atoms with Crippen LogP contribution in [0.15, 0.2) is 0 Å². The SMILES string of the molecule is [2H]N[C@H](C=O)CS. The lowest BCUT2D eigenvalue weighted by Crippen LogP contribution is -2.22. The molecule has 0 aromatic heterocycles. The third-order valence-electron chi connectivity index (χ3n) is 0.361. The number of hydrogen-bond donors (Lipinski definition) is 2. The van der Waals surface area contributed by atoms with E-state index in [1.807, 2.05) is 5.73 Å². The van der Waals surface area contributed by atoms with E-state index in [-0.39, 0.29) is 0 Å². The van der Waals surface area contributed by atoms with Gasteiger partial charge in [0.25, 0.3) is 0 Å². The first kappa shape index (κ1) is 4.15. The second-order valence-electron chi connectivity index (χ2n) is 0.925. The van der Waals surface area contributed by atoms with Crippen molar-refractivity contribution in [2.75, 3.05) is 5.75 Å². The Morgan fingerprint density at radius 3 is 3.00 bits per heavy atom. The zero-order valence-corrected chi connectivity index (χ0v) is 4.11. The van der Waals surface area contributed by atoms with Crippen LogP contribution in [0.1, 0.15) is 0 Å². The number of nitrogens with two attached hydrogens (primary N) is 1. The maximum atomic E-state index is 9.74. The Hall–Kier alpha value is -0.0200. The van der Waals surface area contributed by atoms with E-state index in [9.17, 15) is 4.79 Å². The molecule has 0 aromatic rings. The van der Waals surface area contributed by atoms with Gasteiger partial charge < -0.3 is 10.5 Å². The first-order valence-electron chi connectivity index (χ1n) is 2.08. The predicted molar refractivity (Wildman–Crippen MR) is 27.9 cm³/mol. The van der Waals surface area contributed by atoms with Crippen LogP contribution in [0.5, 0.6) is 0 Å². The van der Waals surface area contributed by atoms with Gasteiger partial charge in [0.2, 0.25) is 0 Å². The smallest absolute Gasteiger partial charge is 0.137 e. The molecule has 0 unspecified atom stereocenters. The summed E-state index contributed by atoms with van der Waals surface area (Å²) in [5, 5.41) is 0. The minimum absolute atomic E-state index is 0.382. The lowest BCUT2D eigenvalue weighted by Gasteiger charge is -1.90. The van der Waals surface area contributed by atoms with E-state index in [0.29, 0.717) is 12.0 Å². The molecule has 0 heterocycles. The van der Waals surface area contributed by atoms with E-state index < -0.39 is 6.04 Å². The van der Waals surface area contributed by atoms with Crippen LogP contribution in [-0.2, 0) is 4.79 Å². The fourth-order valence-corrected chi connectivity index (χ4v) is 0.129. The van der Waals surface area contributed by atoms with Crippen LogP contribution in [-0.4, -0.2) is 18.1 Å². The third-order valence-corrected chi connectivity index (χ3v) is 0.754. The van der Waals surface area contributed by atoms with Gasteiger partial charge in [-0.15, -0.1) is 0 Å². The second kappa shape index (κ2) is 3.18. The molecule has 6 heavy (non-hydrogen) atoms. The molecule has 0 aliphatic carbocycles. The Kier molecular flexibility index (Phi) is 2.20. The number of carbonyl (C=O) groups is 1. The highest BCUT2D eigenvalue weighted by Gasteiger charge is 1.89. The summed E-state index contributed by atoms with van der Waals surface area (Å²) in [7, 11) is 0. The molecule has 0 bridgehead atoms. The molecule has 0 amide bonds. The van der Waals surface area contributed by atoms with E-state index in [1.165, 1.54) is 0 Å². The van der Waals surface area contributed by atoms with Crippen LogP contribution in [0.2, 0.25) is 1.41 Å². The highest BCUT2D eigenvalue weighted by Crippen LogP contribution is 1.73. The summed E-state index contributed by atoms with van der Waals surface area (Å²) in [4.78, 5) is 9.74. The summed E-state index contributed by atoms with van der Waals surface area (Å²) in [6.07, 6.45) is 0.653. The normalized spacial score (nSPS) is 15.8. The number of hydrogen-bond acceptors (Lipinski definition) is 3. The van der Waals surface area contributed by atoms with E-state index in [1.54, 1.807) is 0 Å². The summed E-state index contributed by atoms with van der Waals surface area (Å²) in [6.45, 7) is 0. The van der Waals surface area contributed by atoms with Crippen molar-refractivity contribution in [2.24, 2.45) is 5.73 Å². The predicted octanol–water partition coefficient (Wildman–Crippen LogP) is -0.558. The molecule has 2 N–H and O–H groups in total. The van der Waals surface area contributed by atoms with Crippen LogP contribution in [0.4, 0.5) is 0 Å². The van der Waals surface area contributed by atoms with Crippen LogP contribution in [0.3, 0.4) is 0 Å². The molecule has 1 atom stereocenters. The Labute approximate surface area is 43.6 Å². The Bertz CT molecular complexity index is 56.9. The number of aldehydes is 1. The molecule has 0 radical (unpaired) electrons. The van der Waals surface area contributed by atoms with Crippen molar-refractivity contribution < 1.29 is 6.21 Å². The highest BCUT2D eigenvalue weighted by molar-refractivity contribution is 7.80. The minimum Gasteiger partial charge on any atom is -0.321 e. The summed E-state index contributed by atoms with van der Waals surface area (Å²) in [6, 6.07) is -0.414. The molecule has 3 heteroatoms. The maximum Gasteiger partial charge on any atom is 0.137 e. The summed E-state index contributed by atoms with van der Waals surface area (Å²) in [5.74, 6) is 0.382. The van der Waals surface area contributed by atoms with Gasteiger partial charge in [0, 0.05) is 5.75 Å². The molecule has 0 fully saturated rings. The first-order valence-corrected chi connectivity index (χ1v) is 2.21. The molecule has 0 aliphatic heterocycles. The van der Waals surface area contributed by atoms with E-state index >= 15 is 0 Å². The van der Waals surface area contributed by atoms with Gasteiger partial charge in [-0.3, -0.25) is 0 Å². The van der Waals surface area contributed by atoms with Gasteiger partial charge >= 0.3 is 0 Å². The topological polar surface area (TPSA) is 43.1 Å². The van der Waals surface area contributed by atoms with Crippen molar-refractivity contribution in [2.45, 2.75) is 6.04 Å². The van der Waals surface area contributed by atoms with Crippen molar-refractivity contribution >= 4 is 18.9 Å². The Morgan fingerprint density at radius 1 is 2.33 bits per heavy atom. The first-order chi connectivity index (χ1) is 3.35. The molecule has 0 aliphatic rings. The number of carbonyl (C=O) groups excluding carboxylic acids is 1. The van der Waals surface area contributed by atoms with Crippen molar-refractivity contribution in [3.8, 4) is 0 Å². The van der Waals surface area contributed by atoms with Gasteiger partial charge in [-0.25, -0.2) is 0 Å². The lowest BCUT2D eigenvalue weighted by molar-refractivity contribution is -0.108. The van der Waals surface area contributed by atoms with Crippen molar-refractivity contribution in [3.05, 3.63) is 0 Å². The van der Waals surface area contributed by atoms with Crippen molar-refractivity contribution in [3.63, 3.8) is 0 Å². The molecule has 0 saturated carbocycles. The maximum absolute atomic E-state index is 9.74. The zero-order valence-electron chi connectivity index (χ0n) is 4.22. The van der Waals surface area contributed by atoms with Crippen molar-refractivity contribution in [1.82, 2.24) is 0 Å². The Balaban J connectivity index is 3.16. The zero-order chi connectivity index (χ0) is 5.70. The van der Waals surface area contributed by atoms with Gasteiger partial charge in [0.15, 0.2) is 0 Å². The van der Waals surface area contributed by atoms with Crippen molar-refractivity contribution in [1.29, 1.82) is 0 Å². The van der Waals surface area contributed by atoms with E-state index in [2.05, 4.69) is 12.6 Å². The van der Waals surface area contributed by atoms with E-state index in [4.69, 9.17) is 1.41 Å². The number of rotatable bonds is 3. The van der Waals surface area contributed by atoms with Gasteiger partial charge in [-0.2, -0.15) is 12.6 Å². The van der Waals surface area contributed by atoms with Crippen LogP contribution >= 0.6 is 12.6 Å². The average Bonchev–Trinajstić information content (AvgIpc) is 1.72. The van der Waals surface area contributed by atoms with Crippen LogP contribution in [0.25, 0.3) is 0 Å². The summed E-state index contributed by atoms with van der Waals surface area (Å²) < 4.78 is 6.43. The van der Waals surface area contributed by atoms with Crippen LogP contribution in [0, 0.1) is 0 Å². The minimum atomic E-state index is -0.414. The fourth-order valence-electron chi connectivity index (χ4n) is 0.0430. The van der Waals surface area contributed by atoms with Crippen LogP contribution < -0.4 is 5.73 Å². The van der Waals surface area contributed by atoms with Gasteiger partial charge in [-0.1, -0.05) is 0 Å². The molecule has 0 saturated heterocycles. The highest BCUT2D eigenvalue weighted by atomic mass is 32.1. The molecule has 0 aromatic carbocycles. The number of thiol groups is 1. The molecule has 0 spiro atoms. The lowest BCUT2D eigenvalue weighted by atomic mass is 10.4. The summed E-state index contributed by atoms with van der Waals surface area (Å²) in [5.41, 5.74) is 2.01. The molecular formula is C3H7NOS. The average molecular weight is 106 g/mol. The standard InChI is InChI=1S/C3H7NOS/c4-3(1-5)2-6/h1,3,6H,2,4H2/t3-/m1/s1/i/hD. The molecular weight excluding hydrogens is 98.1 g/mol. The third kappa shape index (κ3) is 2.23. The van der Waals surface area contributed by atoms with E-state index in [0.717, 1.165) is 0 Å². The Morgan fingerprint density at radius 2 is 3.00 bits per heavy atom. The molecule has 2 nitrogen and oxygen atoms in total. The quantitative estimate of drug-likeness (QED) is 0.374. The fraction of sp³-hybridized carbons (Fsp3) is 0.667.